The maximum atomic E-state index is 14.0. The first-order chi connectivity index (χ1) is 13.7. The molecule has 0 bridgehead atoms. The number of benzene rings is 3. The van der Waals surface area contributed by atoms with Crippen molar-refractivity contribution in [1.82, 2.24) is 0 Å². The fourth-order valence-electron chi connectivity index (χ4n) is 3.16. The minimum atomic E-state index is -4.63. The SMILES string of the molecule is Cc1cccc(C(=O)P(=O)(C(=O)c2cccc(C)c2)C(=O)c2cccc(C)c2)c1. The average Bonchev–Trinajstić information content (AvgIpc) is 2.71. The molecule has 0 aliphatic rings. The van der Waals surface area contributed by atoms with E-state index in [1.165, 1.54) is 18.2 Å². The van der Waals surface area contributed by atoms with E-state index >= 15 is 0 Å². The van der Waals surface area contributed by atoms with Crippen LogP contribution < -0.4 is 0 Å². The molecule has 146 valence electrons. The first-order valence-corrected chi connectivity index (χ1v) is 10.9. The quantitative estimate of drug-likeness (QED) is 0.487. The van der Waals surface area contributed by atoms with Crippen LogP contribution in [0.2, 0.25) is 0 Å². The zero-order valence-corrected chi connectivity index (χ0v) is 17.4. The Morgan fingerprint density at radius 3 is 1.07 bits per heavy atom. The highest BCUT2D eigenvalue weighted by Crippen LogP contribution is 2.54. The van der Waals surface area contributed by atoms with Crippen LogP contribution in [-0.2, 0) is 4.57 Å². The summed E-state index contributed by atoms with van der Waals surface area (Å²) in [5.74, 6) is 0. The van der Waals surface area contributed by atoms with E-state index in [2.05, 4.69) is 0 Å². The molecule has 0 saturated heterocycles. The van der Waals surface area contributed by atoms with E-state index in [0.717, 1.165) is 16.7 Å². The third-order valence-electron chi connectivity index (χ3n) is 4.65. The Morgan fingerprint density at radius 1 is 0.552 bits per heavy atom. The highest BCUT2D eigenvalue weighted by atomic mass is 31.2. The summed E-state index contributed by atoms with van der Waals surface area (Å²) in [6.45, 7) is 5.35. The second kappa shape index (κ2) is 8.10. The molecule has 5 heteroatoms. The maximum Gasteiger partial charge on any atom is 0.287 e. The topological polar surface area (TPSA) is 68.3 Å². The van der Waals surface area contributed by atoms with Crippen LogP contribution in [0.5, 0.6) is 0 Å². The Morgan fingerprint density at radius 2 is 0.828 bits per heavy atom. The summed E-state index contributed by atoms with van der Waals surface area (Å²) in [7, 11) is -4.63. The Labute approximate surface area is 170 Å². The lowest BCUT2D eigenvalue weighted by Crippen LogP contribution is -2.18. The summed E-state index contributed by atoms with van der Waals surface area (Å²) in [6.07, 6.45) is 0. The molecule has 29 heavy (non-hydrogen) atoms. The summed E-state index contributed by atoms with van der Waals surface area (Å²) in [5, 5.41) is 0. The molecule has 0 N–H and O–H groups in total. The van der Waals surface area contributed by atoms with E-state index in [-0.39, 0.29) is 16.7 Å². The Hall–Kier alpha value is -3.10. The standard InChI is InChI=1S/C24H21O4P/c1-16-7-4-10-19(13-16)22(25)29(28,23(26)20-11-5-8-17(2)14-20)24(27)21-12-6-9-18(3)15-21/h4-15H,1-3H3. The first kappa shape index (κ1) is 20.6. The van der Waals surface area contributed by atoms with Crippen LogP contribution in [0.25, 0.3) is 0 Å². The fraction of sp³-hybridized carbons (Fsp3) is 0.125. The molecule has 3 aromatic rings. The minimum absolute atomic E-state index is 0.0929. The van der Waals surface area contributed by atoms with Crippen LogP contribution in [0.3, 0.4) is 0 Å². The summed E-state index contributed by atoms with van der Waals surface area (Å²) in [6, 6.07) is 19.3. The molecule has 0 spiro atoms. The number of aryl methyl sites for hydroxylation is 3. The second-order valence-electron chi connectivity index (χ2n) is 7.13. The van der Waals surface area contributed by atoms with Gasteiger partial charge in [0.15, 0.2) is 0 Å². The van der Waals surface area contributed by atoms with Gasteiger partial charge in [-0.3, -0.25) is 18.9 Å². The third-order valence-corrected chi connectivity index (χ3v) is 7.14. The predicted molar refractivity (Wildman–Crippen MR) is 114 cm³/mol. The molecular weight excluding hydrogens is 383 g/mol. The van der Waals surface area contributed by atoms with Gasteiger partial charge in [-0.2, -0.15) is 0 Å². The molecule has 0 atom stereocenters. The summed E-state index contributed by atoms with van der Waals surface area (Å²) in [4.78, 5) is 39.9. The lowest BCUT2D eigenvalue weighted by molar-refractivity contribution is 0.100. The second-order valence-corrected chi connectivity index (χ2v) is 9.57. The van der Waals surface area contributed by atoms with Gasteiger partial charge in [-0.1, -0.05) is 71.3 Å². The van der Waals surface area contributed by atoms with Gasteiger partial charge in [0, 0.05) is 16.7 Å². The number of hydrogen-bond acceptors (Lipinski definition) is 4. The summed E-state index contributed by atoms with van der Waals surface area (Å²) >= 11 is 0. The zero-order valence-electron chi connectivity index (χ0n) is 16.5. The molecule has 0 aliphatic carbocycles. The molecular formula is C24H21O4P. The van der Waals surface area contributed by atoms with Gasteiger partial charge >= 0.3 is 0 Å². The molecule has 0 amide bonds. The lowest BCUT2D eigenvalue weighted by atomic mass is 10.1. The highest BCUT2D eigenvalue weighted by Gasteiger charge is 2.48. The van der Waals surface area contributed by atoms with Gasteiger partial charge in [-0.05, 0) is 39.0 Å². The van der Waals surface area contributed by atoms with Crippen LogP contribution in [0.1, 0.15) is 47.8 Å². The molecule has 0 radical (unpaired) electrons. The fourth-order valence-corrected chi connectivity index (χ4v) is 5.22. The largest absolute Gasteiger partial charge is 0.298 e. The van der Waals surface area contributed by atoms with E-state index in [1.54, 1.807) is 75.4 Å². The van der Waals surface area contributed by atoms with Gasteiger partial charge in [0.1, 0.15) is 0 Å². The molecule has 0 unspecified atom stereocenters. The molecule has 0 heterocycles. The monoisotopic (exact) mass is 404 g/mol. The van der Waals surface area contributed by atoms with Gasteiger partial charge in [0.2, 0.25) is 16.6 Å². The maximum absolute atomic E-state index is 14.0. The van der Waals surface area contributed by atoms with Crippen molar-refractivity contribution in [2.24, 2.45) is 0 Å². The van der Waals surface area contributed by atoms with Crippen LogP contribution in [0.15, 0.2) is 72.8 Å². The normalized spacial score (nSPS) is 11.1. The van der Waals surface area contributed by atoms with Crippen molar-refractivity contribution in [2.75, 3.05) is 0 Å². The van der Waals surface area contributed by atoms with Crippen molar-refractivity contribution in [1.29, 1.82) is 0 Å². The lowest BCUT2D eigenvalue weighted by Gasteiger charge is -2.16. The van der Waals surface area contributed by atoms with Gasteiger partial charge in [-0.15, -0.1) is 0 Å². The molecule has 0 fully saturated rings. The van der Waals surface area contributed by atoms with Gasteiger partial charge in [-0.25, -0.2) is 0 Å². The number of rotatable bonds is 6. The number of hydrogen-bond donors (Lipinski definition) is 0. The van der Waals surface area contributed by atoms with Crippen molar-refractivity contribution in [2.45, 2.75) is 20.8 Å². The van der Waals surface area contributed by atoms with Gasteiger partial charge in [0.25, 0.3) is 7.14 Å². The van der Waals surface area contributed by atoms with E-state index < -0.39 is 23.7 Å². The minimum Gasteiger partial charge on any atom is -0.298 e. The third kappa shape index (κ3) is 4.03. The first-order valence-electron chi connectivity index (χ1n) is 9.18. The predicted octanol–water partition coefficient (Wildman–Crippen LogP) is 5.80. The Bertz CT molecular complexity index is 1030. The molecule has 0 saturated carbocycles. The summed E-state index contributed by atoms with van der Waals surface area (Å²) < 4.78 is 14.0. The van der Waals surface area contributed by atoms with Crippen molar-refractivity contribution < 1.29 is 18.9 Å². The van der Waals surface area contributed by atoms with Gasteiger partial charge < -0.3 is 0 Å². The van der Waals surface area contributed by atoms with Crippen LogP contribution >= 0.6 is 7.14 Å². The molecule has 4 nitrogen and oxygen atoms in total. The zero-order chi connectivity index (χ0) is 21.2. The van der Waals surface area contributed by atoms with Crippen LogP contribution in [-0.4, -0.2) is 16.6 Å². The van der Waals surface area contributed by atoms with Crippen molar-refractivity contribution >= 4 is 23.7 Å². The molecule has 3 aromatic carbocycles. The average molecular weight is 404 g/mol. The van der Waals surface area contributed by atoms with Crippen LogP contribution in [0, 0.1) is 20.8 Å². The van der Waals surface area contributed by atoms with Crippen molar-refractivity contribution in [3.05, 3.63) is 106 Å². The number of carbonyl (C=O) groups is 3. The molecule has 3 rings (SSSR count). The van der Waals surface area contributed by atoms with E-state index in [4.69, 9.17) is 0 Å². The van der Waals surface area contributed by atoms with E-state index in [0.29, 0.717) is 0 Å². The van der Waals surface area contributed by atoms with Crippen molar-refractivity contribution in [3.63, 3.8) is 0 Å². The van der Waals surface area contributed by atoms with E-state index in [9.17, 15) is 18.9 Å². The summed E-state index contributed by atoms with van der Waals surface area (Å²) in [5.41, 5.74) is -0.200. The Balaban J connectivity index is 2.20. The van der Waals surface area contributed by atoms with Gasteiger partial charge in [0.05, 0.1) is 0 Å². The molecule has 0 aliphatic heterocycles. The van der Waals surface area contributed by atoms with E-state index in [1.807, 2.05) is 0 Å². The smallest absolute Gasteiger partial charge is 0.287 e. The van der Waals surface area contributed by atoms with Crippen LogP contribution in [0.4, 0.5) is 0 Å². The Kier molecular flexibility index (Phi) is 5.76. The highest BCUT2D eigenvalue weighted by molar-refractivity contribution is 8.07. The number of carbonyl (C=O) groups excluding carboxylic acids is 3. The molecule has 0 aromatic heterocycles. The van der Waals surface area contributed by atoms with Crippen molar-refractivity contribution in [3.8, 4) is 0 Å².